The van der Waals surface area contributed by atoms with E-state index < -0.39 is 0 Å². The first-order valence-electron chi connectivity index (χ1n) is 7.14. The molecule has 1 aromatic carbocycles. The van der Waals surface area contributed by atoms with E-state index in [0.717, 1.165) is 11.3 Å². The summed E-state index contributed by atoms with van der Waals surface area (Å²) in [6.07, 6.45) is 5.31. The molecule has 0 fully saturated rings. The van der Waals surface area contributed by atoms with Crippen molar-refractivity contribution < 1.29 is 9.21 Å². The van der Waals surface area contributed by atoms with Gasteiger partial charge >= 0.3 is 0 Å². The molecule has 0 radical (unpaired) electrons. The van der Waals surface area contributed by atoms with Crippen molar-refractivity contribution in [1.82, 2.24) is 10.3 Å². The third-order valence-electron chi connectivity index (χ3n) is 3.40. The van der Waals surface area contributed by atoms with Crippen molar-refractivity contribution in [3.63, 3.8) is 0 Å². The average Bonchev–Trinajstić information content (AvgIpc) is 3.14. The van der Waals surface area contributed by atoms with Gasteiger partial charge in [-0.1, -0.05) is 35.9 Å². The number of aryl methyl sites for hydroxylation is 2. The minimum absolute atomic E-state index is 0.0929. The predicted molar refractivity (Wildman–Crippen MR) is 83.6 cm³/mol. The highest BCUT2D eigenvalue weighted by molar-refractivity contribution is 6.43. The Bertz CT molecular complexity index is 759. The number of aliphatic imine (C=N–C) groups is 1. The van der Waals surface area contributed by atoms with Gasteiger partial charge in [0.05, 0.1) is 18.8 Å². The SMILES string of the molecule is Cc1cccc(C2C=CC(C(=O)NCc3ncc(C)o3)=N2)c1. The normalized spacial score (nSPS) is 16.6. The van der Waals surface area contributed by atoms with Crippen LogP contribution in [0.5, 0.6) is 0 Å². The van der Waals surface area contributed by atoms with E-state index in [2.05, 4.69) is 21.4 Å². The largest absolute Gasteiger partial charge is 0.444 e. The Labute approximate surface area is 128 Å². The number of hydrogen-bond acceptors (Lipinski definition) is 4. The zero-order chi connectivity index (χ0) is 15.5. The van der Waals surface area contributed by atoms with Crippen LogP contribution < -0.4 is 5.32 Å². The van der Waals surface area contributed by atoms with E-state index in [9.17, 15) is 4.79 Å². The number of benzene rings is 1. The summed E-state index contributed by atoms with van der Waals surface area (Å²) in [5, 5.41) is 2.76. The van der Waals surface area contributed by atoms with Gasteiger partial charge in [0, 0.05) is 0 Å². The van der Waals surface area contributed by atoms with Crippen LogP contribution in [0.1, 0.15) is 28.8 Å². The third kappa shape index (κ3) is 3.14. The number of oxazole rings is 1. The van der Waals surface area contributed by atoms with Crippen molar-refractivity contribution in [3.8, 4) is 0 Å². The second kappa shape index (κ2) is 5.97. The van der Waals surface area contributed by atoms with E-state index in [1.165, 1.54) is 5.56 Å². The second-order valence-electron chi connectivity index (χ2n) is 5.28. The Balaban J connectivity index is 1.64. The number of carbonyl (C=O) groups excluding carboxylic acids is 1. The molecule has 5 nitrogen and oxygen atoms in total. The van der Waals surface area contributed by atoms with Gasteiger partial charge in [-0.05, 0) is 25.5 Å². The van der Waals surface area contributed by atoms with Gasteiger partial charge in [0.15, 0.2) is 0 Å². The van der Waals surface area contributed by atoms with Crippen molar-refractivity contribution in [1.29, 1.82) is 0 Å². The summed E-state index contributed by atoms with van der Waals surface area (Å²) in [5.41, 5.74) is 2.69. The van der Waals surface area contributed by atoms with Gasteiger partial charge < -0.3 is 9.73 Å². The summed E-state index contributed by atoms with van der Waals surface area (Å²) >= 11 is 0. The van der Waals surface area contributed by atoms with Crippen molar-refractivity contribution in [2.45, 2.75) is 26.4 Å². The lowest BCUT2D eigenvalue weighted by Gasteiger charge is -2.06. The van der Waals surface area contributed by atoms with Crippen LogP contribution in [0.3, 0.4) is 0 Å². The Morgan fingerprint density at radius 2 is 2.23 bits per heavy atom. The maximum absolute atomic E-state index is 12.1. The summed E-state index contributed by atoms with van der Waals surface area (Å²) in [5.74, 6) is 0.993. The maximum atomic E-state index is 12.1. The predicted octanol–water partition coefficient (Wildman–Crippen LogP) is 2.66. The molecule has 0 saturated heterocycles. The number of hydrogen-bond donors (Lipinski definition) is 1. The van der Waals surface area contributed by atoms with Gasteiger partial charge in [0.25, 0.3) is 5.91 Å². The Kier molecular flexibility index (Phi) is 3.87. The third-order valence-corrected chi connectivity index (χ3v) is 3.40. The lowest BCUT2D eigenvalue weighted by atomic mass is 10.1. The molecule has 2 aromatic rings. The zero-order valence-corrected chi connectivity index (χ0v) is 12.5. The van der Waals surface area contributed by atoms with Crippen LogP contribution in [0.4, 0.5) is 0 Å². The van der Waals surface area contributed by atoms with Gasteiger partial charge in [0.2, 0.25) is 5.89 Å². The molecule has 1 aromatic heterocycles. The van der Waals surface area contributed by atoms with Gasteiger partial charge in [-0.2, -0.15) is 0 Å². The number of carbonyl (C=O) groups is 1. The molecule has 3 rings (SSSR count). The summed E-state index contributed by atoms with van der Waals surface area (Å²) in [6.45, 7) is 4.11. The maximum Gasteiger partial charge on any atom is 0.269 e. The molecule has 5 heteroatoms. The summed E-state index contributed by atoms with van der Waals surface area (Å²) in [7, 11) is 0. The molecule has 1 amide bonds. The first-order chi connectivity index (χ1) is 10.6. The second-order valence-corrected chi connectivity index (χ2v) is 5.28. The van der Waals surface area contributed by atoms with Crippen LogP contribution in [0.25, 0.3) is 0 Å². The van der Waals surface area contributed by atoms with Gasteiger partial charge in [-0.15, -0.1) is 0 Å². The fourth-order valence-electron chi connectivity index (χ4n) is 2.32. The molecule has 0 bridgehead atoms. The molecular formula is C17H17N3O2. The van der Waals surface area contributed by atoms with E-state index in [0.29, 0.717) is 11.6 Å². The molecule has 22 heavy (non-hydrogen) atoms. The van der Waals surface area contributed by atoms with Crippen molar-refractivity contribution in [2.75, 3.05) is 0 Å². The smallest absolute Gasteiger partial charge is 0.269 e. The number of aromatic nitrogens is 1. The summed E-state index contributed by atoms with van der Waals surface area (Å²) in [6, 6.07) is 8.04. The summed E-state index contributed by atoms with van der Waals surface area (Å²) < 4.78 is 5.32. The number of nitrogens with zero attached hydrogens (tertiary/aromatic N) is 2. The van der Waals surface area contributed by atoms with E-state index in [4.69, 9.17) is 4.42 Å². The molecule has 1 N–H and O–H groups in total. The van der Waals surface area contributed by atoms with Crippen LogP contribution in [-0.4, -0.2) is 16.6 Å². The van der Waals surface area contributed by atoms with E-state index >= 15 is 0 Å². The molecule has 1 aliphatic rings. The number of nitrogens with one attached hydrogen (secondary N) is 1. The topological polar surface area (TPSA) is 67.5 Å². The van der Waals surface area contributed by atoms with Crippen LogP contribution in [0, 0.1) is 13.8 Å². The van der Waals surface area contributed by atoms with Crippen LogP contribution >= 0.6 is 0 Å². The van der Waals surface area contributed by atoms with Gasteiger partial charge in [-0.3, -0.25) is 9.79 Å². The van der Waals surface area contributed by atoms with Gasteiger partial charge in [-0.25, -0.2) is 4.98 Å². The minimum Gasteiger partial charge on any atom is -0.444 e. The molecule has 1 aliphatic heterocycles. The molecule has 0 saturated carbocycles. The van der Waals surface area contributed by atoms with Crippen LogP contribution in [0.2, 0.25) is 0 Å². The van der Waals surface area contributed by atoms with Gasteiger partial charge in [0.1, 0.15) is 11.5 Å². The van der Waals surface area contributed by atoms with Crippen LogP contribution in [-0.2, 0) is 11.3 Å². The highest BCUT2D eigenvalue weighted by atomic mass is 16.4. The zero-order valence-electron chi connectivity index (χ0n) is 12.5. The average molecular weight is 295 g/mol. The molecular weight excluding hydrogens is 278 g/mol. The molecule has 0 spiro atoms. The Hall–Kier alpha value is -2.69. The molecule has 112 valence electrons. The molecule has 0 aliphatic carbocycles. The summed E-state index contributed by atoms with van der Waals surface area (Å²) in [4.78, 5) is 20.6. The van der Waals surface area contributed by atoms with E-state index in [1.54, 1.807) is 12.3 Å². The standard InChI is InChI=1S/C17H17N3O2/c1-11-4-3-5-13(8-11)14-6-7-15(20-14)17(21)19-10-16-18-9-12(2)22-16/h3-9,14H,10H2,1-2H3,(H,19,21). The van der Waals surface area contributed by atoms with Crippen molar-refractivity contribution in [3.05, 3.63) is 65.4 Å². The monoisotopic (exact) mass is 295 g/mol. The lowest BCUT2D eigenvalue weighted by molar-refractivity contribution is -0.115. The van der Waals surface area contributed by atoms with E-state index in [-0.39, 0.29) is 18.5 Å². The van der Waals surface area contributed by atoms with E-state index in [1.807, 2.05) is 38.1 Å². The van der Waals surface area contributed by atoms with Crippen molar-refractivity contribution in [2.24, 2.45) is 4.99 Å². The Morgan fingerprint density at radius 1 is 1.36 bits per heavy atom. The Morgan fingerprint density at radius 3 is 2.95 bits per heavy atom. The number of amides is 1. The fraction of sp³-hybridized carbons (Fsp3) is 0.235. The fourth-order valence-corrected chi connectivity index (χ4v) is 2.32. The van der Waals surface area contributed by atoms with Crippen molar-refractivity contribution >= 4 is 11.6 Å². The molecule has 1 unspecified atom stereocenters. The highest BCUT2D eigenvalue weighted by Gasteiger charge is 2.18. The van der Waals surface area contributed by atoms with Crippen LogP contribution in [0.15, 0.2) is 52.0 Å². The molecule has 2 heterocycles. The highest BCUT2D eigenvalue weighted by Crippen LogP contribution is 2.24. The minimum atomic E-state index is -0.220. The quantitative estimate of drug-likeness (QED) is 0.943. The first kappa shape index (κ1) is 14.3. The lowest BCUT2D eigenvalue weighted by Crippen LogP contribution is -2.29. The molecule has 1 atom stereocenters. The first-order valence-corrected chi connectivity index (χ1v) is 7.14. The number of rotatable bonds is 4.